The van der Waals surface area contributed by atoms with E-state index >= 15 is 0 Å². The van der Waals surface area contributed by atoms with Gasteiger partial charge in [-0.1, -0.05) is 6.92 Å². The van der Waals surface area contributed by atoms with Gasteiger partial charge in [-0.2, -0.15) is 5.26 Å². The van der Waals surface area contributed by atoms with Crippen molar-refractivity contribution in [2.45, 2.75) is 25.7 Å². The van der Waals surface area contributed by atoms with Crippen LogP contribution in [0, 0.1) is 17.2 Å². The molecule has 1 aliphatic rings. The number of nitrogens with zero attached hydrogens (tertiary/aromatic N) is 5. The number of aromatic amines is 1. The van der Waals surface area contributed by atoms with E-state index in [0.717, 1.165) is 28.9 Å². The highest BCUT2D eigenvalue weighted by Crippen LogP contribution is 2.33. The van der Waals surface area contributed by atoms with Crippen molar-refractivity contribution >= 4 is 22.6 Å². The van der Waals surface area contributed by atoms with Crippen LogP contribution in [0.3, 0.4) is 0 Å². The first-order chi connectivity index (χ1) is 11.7. The SMILES string of the molecule is C[C@@H]1CCN(C(=O)CC#N)C[C@@H]1c1ncc2cnc3[nH]ccc3n12. The smallest absolute Gasteiger partial charge is 0.236 e. The second-order valence-corrected chi connectivity index (χ2v) is 6.39. The number of H-pyrrole nitrogens is 1. The third-order valence-electron chi connectivity index (χ3n) is 4.96. The summed E-state index contributed by atoms with van der Waals surface area (Å²) in [7, 11) is 0. The van der Waals surface area contributed by atoms with Gasteiger partial charge in [-0.05, 0) is 18.4 Å². The Morgan fingerprint density at radius 3 is 3.12 bits per heavy atom. The molecule has 3 aromatic heterocycles. The molecule has 0 bridgehead atoms. The summed E-state index contributed by atoms with van der Waals surface area (Å²) >= 11 is 0. The van der Waals surface area contributed by atoms with Crippen LogP contribution in [0.1, 0.15) is 31.5 Å². The molecule has 1 N–H and O–H groups in total. The molecule has 0 saturated carbocycles. The average Bonchev–Trinajstić information content (AvgIpc) is 3.21. The van der Waals surface area contributed by atoms with Crippen LogP contribution in [0.15, 0.2) is 24.7 Å². The Balaban J connectivity index is 1.76. The number of nitriles is 1. The van der Waals surface area contributed by atoms with Gasteiger partial charge in [0.15, 0.2) is 5.65 Å². The van der Waals surface area contributed by atoms with E-state index in [9.17, 15) is 4.79 Å². The van der Waals surface area contributed by atoms with E-state index in [1.807, 2.05) is 24.5 Å². The Hall–Kier alpha value is -2.88. The molecule has 24 heavy (non-hydrogen) atoms. The summed E-state index contributed by atoms with van der Waals surface area (Å²) in [5.41, 5.74) is 2.76. The van der Waals surface area contributed by atoms with E-state index < -0.39 is 0 Å². The van der Waals surface area contributed by atoms with Gasteiger partial charge in [-0.15, -0.1) is 0 Å². The third-order valence-corrected chi connectivity index (χ3v) is 4.96. The number of aromatic nitrogens is 4. The number of likely N-dealkylation sites (tertiary alicyclic amines) is 1. The summed E-state index contributed by atoms with van der Waals surface area (Å²) in [6, 6.07) is 3.94. The fourth-order valence-corrected chi connectivity index (χ4v) is 3.57. The van der Waals surface area contributed by atoms with E-state index in [0.29, 0.717) is 19.0 Å². The maximum absolute atomic E-state index is 12.1. The van der Waals surface area contributed by atoms with Gasteiger partial charge in [0.2, 0.25) is 5.91 Å². The molecule has 1 aliphatic heterocycles. The standard InChI is InChI=1S/C17H18N6O/c1-11-4-7-22(15(24)2-5-18)10-13(11)17-21-9-12-8-20-16-14(23(12)17)3-6-19-16/h3,6,8-9,11,13,19H,2,4,7,10H2,1H3/t11-,13+/m1/s1. The number of fused-ring (bicyclic) bond motifs is 3. The molecule has 4 heterocycles. The Labute approximate surface area is 138 Å². The van der Waals surface area contributed by atoms with Crippen molar-refractivity contribution in [1.82, 2.24) is 24.3 Å². The van der Waals surface area contributed by atoms with Crippen LogP contribution >= 0.6 is 0 Å². The van der Waals surface area contributed by atoms with Crippen molar-refractivity contribution < 1.29 is 4.79 Å². The molecule has 4 rings (SSSR count). The molecule has 122 valence electrons. The van der Waals surface area contributed by atoms with E-state index in [4.69, 9.17) is 5.26 Å². The maximum Gasteiger partial charge on any atom is 0.236 e. The van der Waals surface area contributed by atoms with E-state index in [1.54, 1.807) is 11.1 Å². The van der Waals surface area contributed by atoms with Gasteiger partial charge in [0, 0.05) is 25.2 Å². The van der Waals surface area contributed by atoms with Crippen molar-refractivity contribution in [2.24, 2.45) is 5.92 Å². The minimum absolute atomic E-state index is 0.0601. The van der Waals surface area contributed by atoms with Gasteiger partial charge in [0.05, 0.1) is 29.5 Å². The molecule has 0 aromatic carbocycles. The van der Waals surface area contributed by atoms with Crippen molar-refractivity contribution in [3.05, 3.63) is 30.5 Å². The van der Waals surface area contributed by atoms with E-state index in [-0.39, 0.29) is 18.2 Å². The van der Waals surface area contributed by atoms with Gasteiger partial charge in [-0.3, -0.25) is 9.20 Å². The summed E-state index contributed by atoms with van der Waals surface area (Å²) in [4.78, 5) is 26.1. The summed E-state index contributed by atoms with van der Waals surface area (Å²) in [5, 5.41) is 8.78. The summed E-state index contributed by atoms with van der Waals surface area (Å²) in [6.45, 7) is 3.52. The summed E-state index contributed by atoms with van der Waals surface area (Å²) < 4.78 is 2.12. The monoisotopic (exact) mass is 322 g/mol. The average molecular weight is 322 g/mol. The van der Waals surface area contributed by atoms with E-state index in [1.165, 1.54) is 0 Å². The van der Waals surface area contributed by atoms with Crippen molar-refractivity contribution in [3.8, 4) is 6.07 Å². The Bertz CT molecular complexity index is 949. The number of rotatable bonds is 2. The topological polar surface area (TPSA) is 90.1 Å². The highest BCUT2D eigenvalue weighted by Gasteiger charge is 2.32. The van der Waals surface area contributed by atoms with Gasteiger partial charge in [0.1, 0.15) is 12.2 Å². The van der Waals surface area contributed by atoms with Gasteiger partial charge in [0.25, 0.3) is 0 Å². The molecule has 2 atom stereocenters. The minimum atomic E-state index is -0.0938. The molecular formula is C17H18N6O. The molecule has 1 saturated heterocycles. The maximum atomic E-state index is 12.1. The molecule has 3 aromatic rings. The fourth-order valence-electron chi connectivity index (χ4n) is 3.57. The quantitative estimate of drug-likeness (QED) is 0.782. The molecule has 1 fully saturated rings. The lowest BCUT2D eigenvalue weighted by Crippen LogP contribution is -2.42. The van der Waals surface area contributed by atoms with Crippen molar-refractivity contribution in [3.63, 3.8) is 0 Å². The number of hydrogen-bond acceptors (Lipinski definition) is 4. The first kappa shape index (κ1) is 14.7. The van der Waals surface area contributed by atoms with Crippen molar-refractivity contribution in [2.75, 3.05) is 13.1 Å². The van der Waals surface area contributed by atoms with Crippen LogP contribution < -0.4 is 0 Å². The summed E-state index contributed by atoms with van der Waals surface area (Å²) in [6.07, 6.45) is 6.36. The normalized spacial score (nSPS) is 21.2. The number of carbonyl (C=O) groups is 1. The summed E-state index contributed by atoms with van der Waals surface area (Å²) in [5.74, 6) is 1.43. The van der Waals surface area contributed by atoms with Gasteiger partial charge < -0.3 is 9.88 Å². The second-order valence-electron chi connectivity index (χ2n) is 6.39. The zero-order valence-electron chi connectivity index (χ0n) is 13.4. The first-order valence-corrected chi connectivity index (χ1v) is 8.13. The molecule has 0 radical (unpaired) electrons. The fraction of sp³-hybridized carbons (Fsp3) is 0.412. The largest absolute Gasteiger partial charge is 0.345 e. The Morgan fingerprint density at radius 2 is 2.29 bits per heavy atom. The third kappa shape index (κ3) is 2.22. The number of imidazole rings is 1. The Kier molecular flexibility index (Phi) is 3.45. The lowest BCUT2D eigenvalue weighted by atomic mass is 9.86. The minimum Gasteiger partial charge on any atom is -0.345 e. The van der Waals surface area contributed by atoms with E-state index in [2.05, 4.69) is 26.3 Å². The lowest BCUT2D eigenvalue weighted by Gasteiger charge is -2.36. The predicted octanol–water partition coefficient (Wildman–Crippen LogP) is 2.08. The van der Waals surface area contributed by atoms with Gasteiger partial charge >= 0.3 is 0 Å². The Morgan fingerprint density at radius 1 is 1.46 bits per heavy atom. The van der Waals surface area contributed by atoms with Crippen molar-refractivity contribution in [1.29, 1.82) is 5.26 Å². The van der Waals surface area contributed by atoms with Crippen LogP contribution in [0.2, 0.25) is 0 Å². The molecular weight excluding hydrogens is 304 g/mol. The molecule has 0 spiro atoms. The van der Waals surface area contributed by atoms with Gasteiger partial charge in [-0.25, -0.2) is 9.97 Å². The molecule has 0 unspecified atom stereocenters. The van der Waals surface area contributed by atoms with Crippen LogP contribution in [0.25, 0.3) is 16.7 Å². The number of hydrogen-bond donors (Lipinski definition) is 1. The highest BCUT2D eigenvalue weighted by molar-refractivity contribution is 5.78. The molecule has 7 heteroatoms. The number of carbonyl (C=O) groups excluding carboxylic acids is 1. The lowest BCUT2D eigenvalue weighted by molar-refractivity contribution is -0.131. The predicted molar refractivity (Wildman–Crippen MR) is 88.2 cm³/mol. The second kappa shape index (κ2) is 5.64. The van der Waals surface area contributed by atoms with Crippen LogP contribution in [0.5, 0.6) is 0 Å². The number of nitrogens with one attached hydrogen (secondary N) is 1. The molecule has 1 amide bonds. The first-order valence-electron chi connectivity index (χ1n) is 8.13. The molecule has 0 aliphatic carbocycles. The highest BCUT2D eigenvalue weighted by atomic mass is 16.2. The van der Waals surface area contributed by atoms with Crippen LogP contribution in [-0.4, -0.2) is 43.2 Å². The number of piperidine rings is 1. The zero-order chi connectivity index (χ0) is 16.7. The zero-order valence-corrected chi connectivity index (χ0v) is 13.4. The van der Waals surface area contributed by atoms with Crippen LogP contribution in [-0.2, 0) is 4.79 Å². The number of amides is 1. The molecule has 7 nitrogen and oxygen atoms in total. The van der Waals surface area contributed by atoms with Crippen LogP contribution in [0.4, 0.5) is 0 Å².